The third kappa shape index (κ3) is 3.88. The van der Waals surface area contributed by atoms with Crippen LogP contribution in [0.4, 0.5) is 0 Å². The second-order valence-electron chi connectivity index (χ2n) is 4.04. The second kappa shape index (κ2) is 6.19. The zero-order valence-electron chi connectivity index (χ0n) is 9.73. The van der Waals surface area contributed by atoms with E-state index in [1.54, 1.807) is 0 Å². The highest BCUT2D eigenvalue weighted by Gasteiger charge is 2.08. The molecule has 2 atom stereocenters. The van der Waals surface area contributed by atoms with E-state index >= 15 is 0 Å². The molecule has 1 unspecified atom stereocenters. The predicted molar refractivity (Wildman–Crippen MR) is 67.3 cm³/mol. The van der Waals surface area contributed by atoms with Crippen LogP contribution in [0.1, 0.15) is 38.9 Å². The summed E-state index contributed by atoms with van der Waals surface area (Å²) in [6, 6.07) is 8.11. The molecule has 84 valence electrons. The molecule has 1 N–H and O–H groups in total. The minimum absolute atomic E-state index is 0.370. The zero-order chi connectivity index (χ0) is 11.3. The number of hydrogen-bond donors (Lipinski definition) is 1. The molecule has 0 aliphatic carbocycles. The van der Waals surface area contributed by atoms with Crippen LogP contribution >= 0.6 is 11.8 Å². The van der Waals surface area contributed by atoms with Crippen molar-refractivity contribution in [1.82, 2.24) is 0 Å². The third-order valence-electron chi connectivity index (χ3n) is 2.59. The van der Waals surface area contributed by atoms with Crippen molar-refractivity contribution >= 4 is 11.8 Å². The quantitative estimate of drug-likeness (QED) is 0.766. The number of rotatable bonds is 5. The van der Waals surface area contributed by atoms with Gasteiger partial charge < -0.3 is 5.11 Å². The number of hydrogen-bond acceptors (Lipinski definition) is 2. The summed E-state index contributed by atoms with van der Waals surface area (Å²) in [6.45, 7) is 6.30. The van der Waals surface area contributed by atoms with Crippen molar-refractivity contribution < 1.29 is 5.11 Å². The van der Waals surface area contributed by atoms with Crippen LogP contribution in [0, 0.1) is 5.92 Å². The van der Waals surface area contributed by atoms with Gasteiger partial charge in [-0.1, -0.05) is 38.5 Å². The highest BCUT2D eigenvalue weighted by molar-refractivity contribution is 7.99. The van der Waals surface area contributed by atoms with Crippen molar-refractivity contribution in [3.8, 4) is 0 Å². The predicted octanol–water partition coefficient (Wildman–Crippen LogP) is 3.88. The van der Waals surface area contributed by atoms with Crippen LogP contribution in [-0.2, 0) is 0 Å². The second-order valence-corrected chi connectivity index (χ2v) is 5.10. The molecule has 0 aromatic heterocycles. The van der Waals surface area contributed by atoms with E-state index in [9.17, 15) is 5.11 Å². The number of aliphatic hydroxyl groups is 1. The molecule has 0 aliphatic heterocycles. The number of benzene rings is 1. The lowest BCUT2D eigenvalue weighted by atomic mass is 10.1. The van der Waals surface area contributed by atoms with E-state index < -0.39 is 0 Å². The molecule has 0 fully saturated rings. The van der Waals surface area contributed by atoms with Gasteiger partial charge in [0.25, 0.3) is 0 Å². The lowest BCUT2D eigenvalue weighted by molar-refractivity contribution is 0.196. The minimum Gasteiger partial charge on any atom is -0.389 e. The van der Waals surface area contributed by atoms with E-state index in [-0.39, 0.29) is 6.10 Å². The summed E-state index contributed by atoms with van der Waals surface area (Å²) in [5, 5.41) is 9.61. The van der Waals surface area contributed by atoms with Crippen molar-refractivity contribution in [2.24, 2.45) is 5.92 Å². The zero-order valence-corrected chi connectivity index (χ0v) is 10.6. The Morgan fingerprint density at radius 2 is 1.93 bits per heavy atom. The third-order valence-corrected chi connectivity index (χ3v) is 4.01. The van der Waals surface area contributed by atoms with Crippen LogP contribution in [0.2, 0.25) is 0 Å². The Morgan fingerprint density at radius 1 is 1.27 bits per heavy atom. The molecule has 0 saturated carbocycles. The molecule has 1 aromatic rings. The molecule has 0 saturated heterocycles. The maximum Gasteiger partial charge on any atom is 0.0772 e. The Morgan fingerprint density at radius 3 is 2.53 bits per heavy atom. The molecular formula is C13H20OS. The van der Waals surface area contributed by atoms with E-state index in [0.717, 1.165) is 17.2 Å². The summed E-state index contributed by atoms with van der Waals surface area (Å²) in [5.74, 6) is 1.86. The topological polar surface area (TPSA) is 20.2 Å². The molecule has 15 heavy (non-hydrogen) atoms. The van der Waals surface area contributed by atoms with Gasteiger partial charge in [-0.25, -0.2) is 0 Å². The van der Waals surface area contributed by atoms with Crippen LogP contribution in [0.15, 0.2) is 29.2 Å². The number of aliphatic hydroxyl groups excluding tert-OH is 1. The van der Waals surface area contributed by atoms with Gasteiger partial charge in [-0.05, 0) is 24.5 Å². The maximum atomic E-state index is 9.61. The smallest absolute Gasteiger partial charge is 0.0772 e. The molecule has 0 bridgehead atoms. The van der Waals surface area contributed by atoms with E-state index in [0.29, 0.717) is 0 Å². The van der Waals surface area contributed by atoms with Crippen LogP contribution in [0.5, 0.6) is 0 Å². The first-order chi connectivity index (χ1) is 7.15. The molecule has 1 rings (SSSR count). The lowest BCUT2D eigenvalue weighted by Gasteiger charge is -2.13. The van der Waals surface area contributed by atoms with Crippen LogP contribution in [0.3, 0.4) is 0 Å². The molecule has 1 nitrogen and oxygen atoms in total. The average Bonchev–Trinajstić information content (AvgIpc) is 2.26. The lowest BCUT2D eigenvalue weighted by Crippen LogP contribution is -1.98. The van der Waals surface area contributed by atoms with E-state index in [1.165, 1.54) is 11.3 Å². The van der Waals surface area contributed by atoms with E-state index in [4.69, 9.17) is 0 Å². The van der Waals surface area contributed by atoms with Gasteiger partial charge in [0, 0.05) is 10.6 Å². The summed E-state index contributed by atoms with van der Waals surface area (Å²) in [6.07, 6.45) is 0.842. The molecular weight excluding hydrogens is 204 g/mol. The SMILES string of the molecule is CCC(C)CSc1ccccc1[C@H](C)O. The van der Waals surface area contributed by atoms with Crippen molar-refractivity contribution in [2.75, 3.05) is 5.75 Å². The summed E-state index contributed by atoms with van der Waals surface area (Å²) < 4.78 is 0. The normalized spacial score (nSPS) is 14.9. The molecule has 0 heterocycles. The standard InChI is InChI=1S/C13H20OS/c1-4-10(2)9-15-13-8-6-5-7-12(13)11(3)14/h5-8,10-11,14H,4,9H2,1-3H3/t10?,11-/m0/s1. The largest absolute Gasteiger partial charge is 0.389 e. The van der Waals surface area contributed by atoms with Crippen molar-refractivity contribution in [3.05, 3.63) is 29.8 Å². The molecule has 0 spiro atoms. The summed E-state index contributed by atoms with van der Waals surface area (Å²) in [4.78, 5) is 1.22. The Hall–Kier alpha value is -0.470. The van der Waals surface area contributed by atoms with Gasteiger partial charge in [0.05, 0.1) is 6.10 Å². The Bertz CT molecular complexity index is 296. The first kappa shape index (κ1) is 12.6. The molecule has 0 amide bonds. The Labute approximate surface area is 96.9 Å². The Balaban J connectivity index is 2.67. The van der Waals surface area contributed by atoms with Gasteiger partial charge in [-0.15, -0.1) is 11.8 Å². The van der Waals surface area contributed by atoms with Crippen molar-refractivity contribution in [3.63, 3.8) is 0 Å². The molecule has 0 aliphatic rings. The van der Waals surface area contributed by atoms with Gasteiger partial charge in [-0.2, -0.15) is 0 Å². The van der Waals surface area contributed by atoms with Gasteiger partial charge in [-0.3, -0.25) is 0 Å². The van der Waals surface area contributed by atoms with Gasteiger partial charge in [0.2, 0.25) is 0 Å². The van der Waals surface area contributed by atoms with Crippen LogP contribution in [-0.4, -0.2) is 10.9 Å². The van der Waals surface area contributed by atoms with Crippen molar-refractivity contribution in [1.29, 1.82) is 0 Å². The fourth-order valence-corrected chi connectivity index (χ4v) is 2.59. The highest BCUT2D eigenvalue weighted by Crippen LogP contribution is 2.29. The fraction of sp³-hybridized carbons (Fsp3) is 0.538. The van der Waals surface area contributed by atoms with E-state index in [1.807, 2.05) is 36.9 Å². The first-order valence-electron chi connectivity index (χ1n) is 5.55. The average molecular weight is 224 g/mol. The van der Waals surface area contributed by atoms with E-state index in [2.05, 4.69) is 19.9 Å². The van der Waals surface area contributed by atoms with Gasteiger partial charge >= 0.3 is 0 Å². The first-order valence-corrected chi connectivity index (χ1v) is 6.53. The molecule has 2 heteroatoms. The van der Waals surface area contributed by atoms with Gasteiger partial charge in [0.1, 0.15) is 0 Å². The summed E-state index contributed by atoms with van der Waals surface area (Å²) in [5.41, 5.74) is 1.05. The maximum absolute atomic E-state index is 9.61. The monoisotopic (exact) mass is 224 g/mol. The van der Waals surface area contributed by atoms with Crippen LogP contribution < -0.4 is 0 Å². The Kier molecular flexibility index (Phi) is 5.20. The van der Waals surface area contributed by atoms with Gasteiger partial charge in [0.15, 0.2) is 0 Å². The highest BCUT2D eigenvalue weighted by atomic mass is 32.2. The summed E-state index contributed by atoms with van der Waals surface area (Å²) in [7, 11) is 0. The molecule has 0 radical (unpaired) electrons. The minimum atomic E-state index is -0.370. The number of thioether (sulfide) groups is 1. The summed E-state index contributed by atoms with van der Waals surface area (Å²) >= 11 is 1.85. The van der Waals surface area contributed by atoms with Crippen LogP contribution in [0.25, 0.3) is 0 Å². The molecule has 1 aromatic carbocycles. The fourth-order valence-electron chi connectivity index (χ4n) is 1.31. The van der Waals surface area contributed by atoms with Crippen molar-refractivity contribution in [2.45, 2.75) is 38.2 Å².